The Morgan fingerprint density at radius 1 is 1.14 bits per heavy atom. The number of carbonyl (C=O) groups excluding carboxylic acids is 2. The Balaban J connectivity index is 1.61. The summed E-state index contributed by atoms with van der Waals surface area (Å²) in [5.74, 6) is 0.399. The van der Waals surface area contributed by atoms with E-state index < -0.39 is 12.6 Å². The van der Waals surface area contributed by atoms with Crippen molar-refractivity contribution in [2.24, 2.45) is 5.92 Å². The number of anilines is 2. The fourth-order valence-electron chi connectivity index (χ4n) is 4.60. The van der Waals surface area contributed by atoms with Crippen LogP contribution in [-0.4, -0.2) is 47.6 Å². The first kappa shape index (κ1) is 24.9. The summed E-state index contributed by atoms with van der Waals surface area (Å²) < 4.78 is 30.6. The maximum Gasteiger partial charge on any atom is 0.387 e. The molecule has 1 aliphatic carbocycles. The molecule has 2 fully saturated rings. The number of benzene rings is 1. The molecule has 3 amide bonds. The highest BCUT2D eigenvalue weighted by Crippen LogP contribution is 2.35. The van der Waals surface area contributed by atoms with Crippen molar-refractivity contribution in [2.75, 3.05) is 23.3 Å². The fraction of sp³-hybridized carbons (Fsp3) is 0.500. The predicted octanol–water partition coefficient (Wildman–Crippen LogP) is 5.55. The van der Waals surface area contributed by atoms with Gasteiger partial charge in [-0.1, -0.05) is 32.0 Å². The number of alkyl halides is 2. The summed E-state index contributed by atoms with van der Waals surface area (Å²) in [6.45, 7) is 3.91. The third-order valence-corrected chi connectivity index (χ3v) is 6.57. The zero-order valence-electron chi connectivity index (χ0n) is 20.3. The summed E-state index contributed by atoms with van der Waals surface area (Å²) in [6.07, 6.45) is 4.51. The van der Waals surface area contributed by atoms with Crippen LogP contribution < -0.4 is 15.0 Å². The molecular formula is C26H32F2N4O3. The molecule has 0 bridgehead atoms. The largest absolute Gasteiger partial charge is 0.432 e. The Labute approximate surface area is 204 Å². The number of hydrogen-bond acceptors (Lipinski definition) is 4. The number of rotatable bonds is 7. The summed E-state index contributed by atoms with van der Waals surface area (Å²) in [5, 5.41) is 2.75. The first-order valence-corrected chi connectivity index (χ1v) is 12.1. The second-order valence-corrected chi connectivity index (χ2v) is 9.54. The second kappa shape index (κ2) is 10.6. The molecule has 7 nitrogen and oxygen atoms in total. The Kier molecular flexibility index (Phi) is 7.52. The summed E-state index contributed by atoms with van der Waals surface area (Å²) >= 11 is 0. The Hall–Kier alpha value is -3.23. The number of ether oxygens (including phenoxy) is 1. The number of urea groups is 1. The van der Waals surface area contributed by atoms with E-state index >= 15 is 0 Å². The molecular weight excluding hydrogens is 454 g/mol. The van der Waals surface area contributed by atoms with E-state index in [1.165, 1.54) is 12.3 Å². The molecule has 2 aliphatic rings. The average molecular weight is 487 g/mol. The van der Waals surface area contributed by atoms with Gasteiger partial charge in [-0.2, -0.15) is 8.78 Å². The second-order valence-electron chi connectivity index (χ2n) is 9.54. The molecule has 0 atom stereocenters. The topological polar surface area (TPSA) is 74.8 Å². The monoisotopic (exact) mass is 486 g/mol. The number of halogens is 2. The lowest BCUT2D eigenvalue weighted by molar-refractivity contribution is -0.133. The molecule has 1 aromatic carbocycles. The molecule has 0 radical (unpaired) electrons. The normalized spacial score (nSPS) is 16.5. The van der Waals surface area contributed by atoms with Gasteiger partial charge in [0, 0.05) is 42.5 Å². The number of aryl methyl sites for hydroxylation is 1. The number of pyridine rings is 1. The molecule has 0 spiro atoms. The first-order valence-electron chi connectivity index (χ1n) is 12.1. The van der Waals surface area contributed by atoms with Crippen molar-refractivity contribution in [1.29, 1.82) is 0 Å². The van der Waals surface area contributed by atoms with Crippen LogP contribution in [0.25, 0.3) is 0 Å². The van der Waals surface area contributed by atoms with Crippen LogP contribution in [-0.2, 0) is 4.79 Å². The number of aromatic nitrogens is 1. The summed E-state index contributed by atoms with van der Waals surface area (Å²) in [7, 11) is 0. The summed E-state index contributed by atoms with van der Waals surface area (Å²) in [5.41, 5.74) is 2.34. The molecule has 9 heteroatoms. The quantitative estimate of drug-likeness (QED) is 0.557. The molecule has 1 aliphatic heterocycles. The van der Waals surface area contributed by atoms with Gasteiger partial charge >= 0.3 is 12.6 Å². The molecule has 2 heterocycles. The van der Waals surface area contributed by atoms with Gasteiger partial charge in [0.15, 0.2) is 5.75 Å². The number of amides is 3. The van der Waals surface area contributed by atoms with Gasteiger partial charge in [0.05, 0.1) is 6.20 Å². The van der Waals surface area contributed by atoms with Crippen molar-refractivity contribution in [1.82, 2.24) is 9.88 Å². The van der Waals surface area contributed by atoms with Crippen LogP contribution in [0.2, 0.25) is 0 Å². The summed E-state index contributed by atoms with van der Waals surface area (Å²) in [6, 6.07) is 8.48. The van der Waals surface area contributed by atoms with Crippen molar-refractivity contribution < 1.29 is 23.1 Å². The minimum atomic E-state index is -3.03. The third kappa shape index (κ3) is 5.89. The minimum Gasteiger partial charge on any atom is -0.432 e. The van der Waals surface area contributed by atoms with Crippen LogP contribution in [0.15, 0.2) is 36.5 Å². The van der Waals surface area contributed by atoms with E-state index in [4.69, 9.17) is 0 Å². The van der Waals surface area contributed by atoms with Crippen LogP contribution in [0.1, 0.15) is 56.7 Å². The van der Waals surface area contributed by atoms with Crippen molar-refractivity contribution in [3.63, 3.8) is 0 Å². The zero-order chi connectivity index (χ0) is 25.1. The van der Waals surface area contributed by atoms with Gasteiger partial charge in [-0.25, -0.2) is 4.79 Å². The number of nitrogens with zero attached hydrogens (tertiary/aromatic N) is 3. The number of nitrogens with one attached hydrogen (secondary N) is 1. The van der Waals surface area contributed by atoms with Gasteiger partial charge in [-0.15, -0.1) is 0 Å². The molecule has 1 aromatic heterocycles. The van der Waals surface area contributed by atoms with Crippen molar-refractivity contribution in [3.8, 4) is 5.75 Å². The molecule has 188 valence electrons. The Bertz CT molecular complexity index is 1070. The maximum atomic E-state index is 13.7. The minimum absolute atomic E-state index is 0.0780. The molecule has 1 saturated carbocycles. The maximum absolute atomic E-state index is 13.7. The average Bonchev–Trinajstić information content (AvgIpc) is 3.66. The van der Waals surface area contributed by atoms with Gasteiger partial charge in [-0.3, -0.25) is 14.7 Å². The van der Waals surface area contributed by atoms with Gasteiger partial charge in [0.25, 0.3) is 0 Å². The number of carbonyl (C=O) groups is 2. The van der Waals surface area contributed by atoms with Gasteiger partial charge in [0.2, 0.25) is 5.91 Å². The zero-order valence-corrected chi connectivity index (χ0v) is 20.3. The highest BCUT2D eigenvalue weighted by Gasteiger charge is 2.37. The third-order valence-electron chi connectivity index (χ3n) is 6.57. The highest BCUT2D eigenvalue weighted by atomic mass is 19.3. The number of hydrogen-bond donors (Lipinski definition) is 1. The molecule has 0 unspecified atom stereocenters. The molecule has 2 aromatic rings. The summed E-state index contributed by atoms with van der Waals surface area (Å²) in [4.78, 5) is 34.0. The first-order chi connectivity index (χ1) is 16.7. The van der Waals surface area contributed by atoms with E-state index in [1.54, 1.807) is 11.8 Å². The van der Waals surface area contributed by atoms with Crippen LogP contribution in [0.3, 0.4) is 0 Å². The molecule has 1 saturated heterocycles. The predicted molar refractivity (Wildman–Crippen MR) is 130 cm³/mol. The standard InChI is InChI=1S/C26H32F2N4O3/c1-16(2)20-6-4-5-7-22(20)32(19-10-12-31(13-11-19)24(33)18-8-9-18)26(34)30-21-15-29-17(3)14-23(21)35-25(27)28/h4-7,14-16,18-19,25H,8-13H2,1-3H3,(H,30,34). The lowest BCUT2D eigenvalue weighted by Gasteiger charge is -2.39. The van der Waals surface area contributed by atoms with Crippen molar-refractivity contribution in [2.45, 2.75) is 65.0 Å². The van der Waals surface area contributed by atoms with Crippen LogP contribution in [0.4, 0.5) is 25.0 Å². The smallest absolute Gasteiger partial charge is 0.387 e. The number of piperidine rings is 1. The van der Waals surface area contributed by atoms with E-state index in [2.05, 4.69) is 28.9 Å². The van der Waals surface area contributed by atoms with E-state index in [-0.39, 0.29) is 35.2 Å². The lowest BCUT2D eigenvalue weighted by Crippen LogP contribution is -2.50. The lowest BCUT2D eigenvalue weighted by atomic mass is 9.97. The van der Waals surface area contributed by atoms with E-state index in [0.717, 1.165) is 24.1 Å². The van der Waals surface area contributed by atoms with Gasteiger partial charge < -0.3 is 15.0 Å². The van der Waals surface area contributed by atoms with Crippen LogP contribution in [0.5, 0.6) is 5.75 Å². The number of likely N-dealkylation sites (tertiary alicyclic amines) is 1. The highest BCUT2D eigenvalue weighted by molar-refractivity contribution is 6.03. The molecule has 35 heavy (non-hydrogen) atoms. The molecule has 4 rings (SSSR count). The number of para-hydroxylation sites is 1. The van der Waals surface area contributed by atoms with E-state index in [1.807, 2.05) is 29.2 Å². The van der Waals surface area contributed by atoms with Gasteiger partial charge in [0.1, 0.15) is 5.69 Å². The Morgan fingerprint density at radius 3 is 2.46 bits per heavy atom. The fourth-order valence-corrected chi connectivity index (χ4v) is 4.60. The van der Waals surface area contributed by atoms with E-state index in [9.17, 15) is 18.4 Å². The molecule has 1 N–H and O–H groups in total. The van der Waals surface area contributed by atoms with Crippen molar-refractivity contribution in [3.05, 3.63) is 47.8 Å². The van der Waals surface area contributed by atoms with Crippen molar-refractivity contribution >= 4 is 23.3 Å². The van der Waals surface area contributed by atoms with Crippen LogP contribution in [0, 0.1) is 12.8 Å². The van der Waals surface area contributed by atoms with Gasteiger partial charge in [-0.05, 0) is 50.2 Å². The SMILES string of the molecule is Cc1cc(OC(F)F)c(NC(=O)N(c2ccccc2C(C)C)C2CCN(C(=O)C3CC3)CC2)cn1. The van der Waals surface area contributed by atoms with Crippen LogP contribution >= 0.6 is 0 Å². The Morgan fingerprint density at radius 2 is 1.83 bits per heavy atom. The van der Waals surface area contributed by atoms with E-state index in [0.29, 0.717) is 31.6 Å².